The maximum atomic E-state index is 12.7. The fourth-order valence-corrected chi connectivity index (χ4v) is 2.97. The number of benzene rings is 2. The van der Waals surface area contributed by atoms with Crippen molar-refractivity contribution in [1.82, 2.24) is 0 Å². The van der Waals surface area contributed by atoms with E-state index in [0.717, 1.165) is 38.8 Å². The molecule has 0 fully saturated rings. The molecule has 2 N–H and O–H groups in total. The van der Waals surface area contributed by atoms with Gasteiger partial charge in [-0.05, 0) is 56.0 Å². The number of fused-ring (bicyclic) bond motifs is 1. The van der Waals surface area contributed by atoms with Gasteiger partial charge in [0.25, 0.3) is 5.91 Å². The summed E-state index contributed by atoms with van der Waals surface area (Å²) in [5.74, 6) is 0.0527. The predicted octanol–water partition coefficient (Wildman–Crippen LogP) is 4.41. The molecule has 0 aliphatic heterocycles. The van der Waals surface area contributed by atoms with E-state index in [1.807, 2.05) is 52.0 Å². The molecule has 0 aliphatic carbocycles. The molecule has 3 rings (SSSR count). The summed E-state index contributed by atoms with van der Waals surface area (Å²) in [5, 5.41) is 13.2. The second-order valence-electron chi connectivity index (χ2n) is 6.22. The van der Waals surface area contributed by atoms with Gasteiger partial charge >= 0.3 is 0 Å². The van der Waals surface area contributed by atoms with Crippen LogP contribution in [0, 0.1) is 27.7 Å². The lowest BCUT2D eigenvalue weighted by Gasteiger charge is -2.09. The lowest BCUT2D eigenvalue weighted by atomic mass is 10.0. The highest BCUT2D eigenvalue weighted by Gasteiger charge is 2.20. The minimum atomic E-state index is -0.277. The Morgan fingerprint density at radius 2 is 1.71 bits per heavy atom. The first-order valence-corrected chi connectivity index (χ1v) is 7.93. The number of furan rings is 1. The molecule has 4 heteroatoms. The zero-order valence-corrected chi connectivity index (χ0v) is 14.4. The van der Waals surface area contributed by atoms with Crippen LogP contribution in [-0.2, 0) is 6.61 Å². The molecular formula is C20H21NO3. The normalized spacial score (nSPS) is 11.0. The molecule has 24 heavy (non-hydrogen) atoms. The molecular weight excluding hydrogens is 302 g/mol. The summed E-state index contributed by atoms with van der Waals surface area (Å²) in [6.45, 7) is 7.74. The highest BCUT2D eigenvalue weighted by Crippen LogP contribution is 2.31. The maximum absolute atomic E-state index is 12.7. The van der Waals surface area contributed by atoms with Crippen molar-refractivity contribution in [2.24, 2.45) is 0 Å². The van der Waals surface area contributed by atoms with Crippen molar-refractivity contribution in [3.05, 3.63) is 63.9 Å². The Labute approximate surface area is 141 Å². The fraction of sp³-hybridized carbons (Fsp3) is 0.250. The maximum Gasteiger partial charge on any atom is 0.291 e. The molecule has 0 saturated carbocycles. The average Bonchev–Trinajstić information content (AvgIpc) is 2.92. The third kappa shape index (κ3) is 2.69. The standard InChI is InChI=1S/C20H21NO3/c1-11-7-8-15(10-22)9-16(11)21-20(23)19-14(4)17-12(2)5-6-13(3)18(17)24-19/h5-9,22H,10H2,1-4H3,(H,21,23). The van der Waals surface area contributed by atoms with Gasteiger partial charge in [0.15, 0.2) is 5.76 Å². The highest BCUT2D eigenvalue weighted by molar-refractivity contribution is 6.07. The number of hydrogen-bond acceptors (Lipinski definition) is 3. The molecule has 0 saturated heterocycles. The van der Waals surface area contributed by atoms with Crippen LogP contribution >= 0.6 is 0 Å². The summed E-state index contributed by atoms with van der Waals surface area (Å²) >= 11 is 0. The molecule has 2 aromatic carbocycles. The van der Waals surface area contributed by atoms with Crippen molar-refractivity contribution in [2.45, 2.75) is 34.3 Å². The minimum Gasteiger partial charge on any atom is -0.450 e. The third-order valence-electron chi connectivity index (χ3n) is 4.42. The number of nitrogens with one attached hydrogen (secondary N) is 1. The molecule has 1 heterocycles. The highest BCUT2D eigenvalue weighted by atomic mass is 16.3. The van der Waals surface area contributed by atoms with E-state index >= 15 is 0 Å². The van der Waals surface area contributed by atoms with Crippen LogP contribution in [0.15, 0.2) is 34.7 Å². The van der Waals surface area contributed by atoms with E-state index in [-0.39, 0.29) is 12.5 Å². The number of amides is 1. The van der Waals surface area contributed by atoms with E-state index < -0.39 is 0 Å². The van der Waals surface area contributed by atoms with Crippen LogP contribution in [0.1, 0.15) is 38.4 Å². The Morgan fingerprint density at radius 1 is 1.04 bits per heavy atom. The number of anilines is 1. The smallest absolute Gasteiger partial charge is 0.291 e. The van der Waals surface area contributed by atoms with Gasteiger partial charge in [0.2, 0.25) is 0 Å². The topological polar surface area (TPSA) is 62.5 Å². The lowest BCUT2D eigenvalue weighted by Crippen LogP contribution is -2.13. The van der Waals surface area contributed by atoms with E-state index in [9.17, 15) is 9.90 Å². The number of aryl methyl sites for hydroxylation is 4. The Morgan fingerprint density at radius 3 is 2.38 bits per heavy atom. The molecule has 0 unspecified atom stereocenters. The Balaban J connectivity index is 2.02. The molecule has 3 aromatic rings. The van der Waals surface area contributed by atoms with Crippen LogP contribution in [0.5, 0.6) is 0 Å². The largest absolute Gasteiger partial charge is 0.450 e. The van der Waals surface area contributed by atoms with Gasteiger partial charge in [-0.1, -0.05) is 24.3 Å². The molecule has 0 radical (unpaired) electrons. The minimum absolute atomic E-state index is 0.0643. The lowest BCUT2D eigenvalue weighted by molar-refractivity contribution is 0.0997. The zero-order valence-electron chi connectivity index (χ0n) is 14.4. The van der Waals surface area contributed by atoms with Gasteiger partial charge in [-0.15, -0.1) is 0 Å². The second kappa shape index (κ2) is 6.13. The van der Waals surface area contributed by atoms with Crippen LogP contribution in [0.25, 0.3) is 11.0 Å². The summed E-state index contributed by atoms with van der Waals surface area (Å²) in [6, 6.07) is 9.53. The van der Waals surface area contributed by atoms with E-state index in [0.29, 0.717) is 11.4 Å². The molecule has 1 aromatic heterocycles. The molecule has 0 spiro atoms. The van der Waals surface area contributed by atoms with E-state index in [2.05, 4.69) is 5.32 Å². The van der Waals surface area contributed by atoms with E-state index in [1.54, 1.807) is 6.07 Å². The van der Waals surface area contributed by atoms with Gasteiger partial charge in [-0.3, -0.25) is 4.79 Å². The van der Waals surface area contributed by atoms with Crippen molar-refractivity contribution in [3.63, 3.8) is 0 Å². The van der Waals surface area contributed by atoms with Gasteiger partial charge in [-0.25, -0.2) is 0 Å². The van der Waals surface area contributed by atoms with Crippen LogP contribution in [-0.4, -0.2) is 11.0 Å². The summed E-state index contributed by atoms with van der Waals surface area (Å²) in [4.78, 5) is 12.7. The Hall–Kier alpha value is -2.59. The number of carbonyl (C=O) groups excluding carboxylic acids is 1. The first-order chi connectivity index (χ1) is 11.4. The molecule has 1 amide bonds. The van der Waals surface area contributed by atoms with Gasteiger partial charge < -0.3 is 14.8 Å². The van der Waals surface area contributed by atoms with Crippen LogP contribution in [0.2, 0.25) is 0 Å². The number of rotatable bonds is 3. The van der Waals surface area contributed by atoms with Crippen LogP contribution < -0.4 is 5.32 Å². The SMILES string of the molecule is Cc1ccc(CO)cc1NC(=O)c1oc2c(C)ccc(C)c2c1C. The average molecular weight is 323 g/mol. The number of aliphatic hydroxyl groups is 1. The zero-order chi connectivity index (χ0) is 17.4. The van der Waals surface area contributed by atoms with Crippen LogP contribution in [0.3, 0.4) is 0 Å². The van der Waals surface area contributed by atoms with Crippen molar-refractivity contribution in [2.75, 3.05) is 5.32 Å². The van der Waals surface area contributed by atoms with Crippen molar-refractivity contribution in [1.29, 1.82) is 0 Å². The van der Waals surface area contributed by atoms with Crippen molar-refractivity contribution < 1.29 is 14.3 Å². The molecule has 124 valence electrons. The van der Waals surface area contributed by atoms with Crippen molar-refractivity contribution in [3.8, 4) is 0 Å². The fourth-order valence-electron chi connectivity index (χ4n) is 2.97. The first-order valence-electron chi connectivity index (χ1n) is 7.93. The van der Waals surface area contributed by atoms with E-state index in [4.69, 9.17) is 4.42 Å². The quantitative estimate of drug-likeness (QED) is 0.750. The third-order valence-corrected chi connectivity index (χ3v) is 4.42. The van der Waals surface area contributed by atoms with Crippen molar-refractivity contribution >= 4 is 22.6 Å². The predicted molar refractivity (Wildman–Crippen MR) is 95.5 cm³/mol. The summed E-state index contributed by atoms with van der Waals surface area (Å²) in [6.07, 6.45) is 0. The molecule has 0 atom stereocenters. The number of hydrogen-bond donors (Lipinski definition) is 2. The van der Waals surface area contributed by atoms with Crippen LogP contribution in [0.4, 0.5) is 5.69 Å². The van der Waals surface area contributed by atoms with Gasteiger partial charge in [0.1, 0.15) is 5.58 Å². The molecule has 0 aliphatic rings. The Kier molecular flexibility index (Phi) is 4.16. The van der Waals surface area contributed by atoms with Gasteiger partial charge in [-0.2, -0.15) is 0 Å². The number of carbonyl (C=O) groups is 1. The summed E-state index contributed by atoms with van der Waals surface area (Å²) in [5.41, 5.74) is 6.08. The molecule has 4 nitrogen and oxygen atoms in total. The van der Waals surface area contributed by atoms with Gasteiger partial charge in [0, 0.05) is 16.6 Å². The number of aliphatic hydroxyl groups excluding tert-OH is 1. The summed E-state index contributed by atoms with van der Waals surface area (Å²) < 4.78 is 5.88. The van der Waals surface area contributed by atoms with E-state index in [1.165, 1.54) is 0 Å². The first kappa shape index (κ1) is 16.3. The second-order valence-corrected chi connectivity index (χ2v) is 6.22. The summed E-state index contributed by atoms with van der Waals surface area (Å²) in [7, 11) is 0. The monoisotopic (exact) mass is 323 g/mol. The molecule has 0 bridgehead atoms. The Bertz CT molecular complexity index is 938. The van der Waals surface area contributed by atoms with Gasteiger partial charge in [0.05, 0.1) is 6.61 Å².